The quantitative estimate of drug-likeness (QED) is 0.477. The number of carbonyl (C=O) groups is 1. The van der Waals surface area contributed by atoms with Crippen molar-refractivity contribution in [2.75, 3.05) is 13.2 Å². The van der Waals surface area contributed by atoms with Gasteiger partial charge in [-0.25, -0.2) is 18.0 Å². The maximum atomic E-state index is 12.0. The van der Waals surface area contributed by atoms with Crippen LogP contribution in [-0.4, -0.2) is 32.0 Å². The molecule has 0 aliphatic carbocycles. The Bertz CT molecular complexity index is 145. The number of amides is 1. The van der Waals surface area contributed by atoms with Crippen LogP contribution in [0.2, 0.25) is 0 Å². The van der Waals surface area contributed by atoms with Gasteiger partial charge in [-0.1, -0.05) is 0 Å². The van der Waals surface area contributed by atoms with Crippen molar-refractivity contribution >= 4 is 6.09 Å². The molecule has 4 nitrogen and oxygen atoms in total. The number of hydrogen-bond donors (Lipinski definition) is 2. The van der Waals surface area contributed by atoms with Gasteiger partial charge in [0.25, 0.3) is 6.43 Å². The van der Waals surface area contributed by atoms with Crippen molar-refractivity contribution in [1.29, 1.82) is 0 Å². The van der Waals surface area contributed by atoms with Crippen molar-refractivity contribution in [2.45, 2.75) is 12.7 Å². The fourth-order valence-corrected chi connectivity index (χ4v) is 0.438. The Balaban J connectivity index is 3.25. The van der Waals surface area contributed by atoms with E-state index >= 15 is 0 Å². The van der Waals surface area contributed by atoms with E-state index in [9.17, 15) is 18.0 Å². The fourth-order valence-electron chi connectivity index (χ4n) is 0.438. The lowest BCUT2D eigenvalue weighted by Gasteiger charge is -2.08. The Labute approximate surface area is 66.9 Å². The predicted molar refractivity (Wildman–Crippen MR) is 34.4 cm³/mol. The van der Waals surface area contributed by atoms with E-state index in [1.807, 2.05) is 0 Å². The molecule has 0 aromatic rings. The highest BCUT2D eigenvalue weighted by Crippen LogP contribution is 2.00. The largest absolute Gasteiger partial charge is 0.448 e. The molecule has 0 saturated heterocycles. The smallest absolute Gasteiger partial charge is 0.404 e. The van der Waals surface area contributed by atoms with Gasteiger partial charge in [-0.15, -0.1) is 0 Å². The average molecular weight is 186 g/mol. The second-order valence-electron chi connectivity index (χ2n) is 1.86. The standard InChI is InChI=1S/C5H9F3N2O2/c6-3(7)4(8)10-1-2-12-5(9)11/h3-4,10H,1-2H2,(H2,9,11). The van der Waals surface area contributed by atoms with Crippen molar-refractivity contribution in [1.82, 2.24) is 5.32 Å². The van der Waals surface area contributed by atoms with E-state index in [-0.39, 0.29) is 13.2 Å². The van der Waals surface area contributed by atoms with Crippen LogP contribution in [0.15, 0.2) is 0 Å². The molecule has 0 bridgehead atoms. The molecule has 72 valence electrons. The first-order valence-electron chi connectivity index (χ1n) is 3.12. The van der Waals surface area contributed by atoms with Gasteiger partial charge < -0.3 is 10.5 Å². The number of hydrogen-bond acceptors (Lipinski definition) is 3. The van der Waals surface area contributed by atoms with Crippen molar-refractivity contribution in [3.05, 3.63) is 0 Å². The highest BCUT2D eigenvalue weighted by molar-refractivity contribution is 5.64. The third kappa shape index (κ3) is 5.78. The first-order chi connectivity index (χ1) is 5.54. The van der Waals surface area contributed by atoms with Crippen LogP contribution in [0.5, 0.6) is 0 Å². The molecule has 3 N–H and O–H groups in total. The molecule has 0 aliphatic heterocycles. The maximum Gasteiger partial charge on any atom is 0.404 e. The number of carbonyl (C=O) groups excluding carboxylic acids is 1. The van der Waals surface area contributed by atoms with E-state index in [0.717, 1.165) is 0 Å². The molecule has 0 rings (SSSR count). The zero-order chi connectivity index (χ0) is 9.56. The third-order valence-corrected chi connectivity index (χ3v) is 0.907. The SMILES string of the molecule is NC(=O)OCCNC(F)C(F)F. The number of ether oxygens (including phenoxy) is 1. The van der Waals surface area contributed by atoms with Crippen molar-refractivity contribution in [3.63, 3.8) is 0 Å². The molecule has 0 heterocycles. The van der Waals surface area contributed by atoms with Gasteiger partial charge in [-0.05, 0) is 0 Å². The van der Waals surface area contributed by atoms with E-state index in [2.05, 4.69) is 10.5 Å². The second kappa shape index (κ2) is 5.64. The summed E-state index contributed by atoms with van der Waals surface area (Å²) in [7, 11) is 0. The molecule has 7 heteroatoms. The number of nitrogens with one attached hydrogen (secondary N) is 1. The summed E-state index contributed by atoms with van der Waals surface area (Å²) >= 11 is 0. The van der Waals surface area contributed by atoms with Gasteiger partial charge in [0.05, 0.1) is 0 Å². The molecule has 1 amide bonds. The number of halogens is 3. The van der Waals surface area contributed by atoms with Crippen molar-refractivity contribution in [2.24, 2.45) is 5.73 Å². The van der Waals surface area contributed by atoms with Crippen molar-refractivity contribution < 1.29 is 22.7 Å². The molecule has 1 unspecified atom stereocenters. The van der Waals surface area contributed by atoms with Crippen LogP contribution in [-0.2, 0) is 4.74 Å². The first-order valence-corrected chi connectivity index (χ1v) is 3.12. The van der Waals surface area contributed by atoms with E-state index in [0.29, 0.717) is 0 Å². The number of alkyl halides is 3. The zero-order valence-electron chi connectivity index (χ0n) is 6.10. The molecule has 1 atom stereocenters. The zero-order valence-corrected chi connectivity index (χ0v) is 6.10. The molecule has 0 aromatic carbocycles. The summed E-state index contributed by atoms with van der Waals surface area (Å²) in [5.74, 6) is 0. The lowest BCUT2D eigenvalue weighted by molar-refractivity contribution is 0.0280. The van der Waals surface area contributed by atoms with Gasteiger partial charge in [0.1, 0.15) is 6.61 Å². The van der Waals surface area contributed by atoms with E-state index in [1.54, 1.807) is 5.32 Å². The van der Waals surface area contributed by atoms with Gasteiger partial charge in [0.2, 0.25) is 6.30 Å². The van der Waals surface area contributed by atoms with Crippen LogP contribution in [0.3, 0.4) is 0 Å². The lowest BCUT2D eigenvalue weighted by Crippen LogP contribution is -2.34. The summed E-state index contributed by atoms with van der Waals surface area (Å²) in [5.41, 5.74) is 4.54. The molecular weight excluding hydrogens is 177 g/mol. The lowest BCUT2D eigenvalue weighted by atomic mass is 10.6. The van der Waals surface area contributed by atoms with Crippen LogP contribution in [0.25, 0.3) is 0 Å². The van der Waals surface area contributed by atoms with Gasteiger partial charge >= 0.3 is 6.09 Å². The van der Waals surface area contributed by atoms with Crippen LogP contribution < -0.4 is 11.1 Å². The molecule has 0 spiro atoms. The van der Waals surface area contributed by atoms with E-state index in [1.165, 1.54) is 0 Å². The summed E-state index contributed by atoms with van der Waals surface area (Å²) < 4.78 is 39.0. The maximum absolute atomic E-state index is 12.0. The molecule has 12 heavy (non-hydrogen) atoms. The minimum absolute atomic E-state index is 0.200. The van der Waals surface area contributed by atoms with Gasteiger partial charge in [0, 0.05) is 6.54 Å². The third-order valence-electron chi connectivity index (χ3n) is 0.907. The Morgan fingerprint density at radius 3 is 2.50 bits per heavy atom. The normalized spacial score (nSPS) is 13.0. The minimum Gasteiger partial charge on any atom is -0.448 e. The first kappa shape index (κ1) is 11.0. The van der Waals surface area contributed by atoms with Crippen LogP contribution in [0.4, 0.5) is 18.0 Å². The van der Waals surface area contributed by atoms with Gasteiger partial charge in [-0.2, -0.15) is 0 Å². The summed E-state index contributed by atoms with van der Waals surface area (Å²) in [4.78, 5) is 9.91. The number of nitrogens with two attached hydrogens (primary N) is 1. The summed E-state index contributed by atoms with van der Waals surface area (Å²) in [6.07, 6.45) is -6.51. The molecule has 0 radical (unpaired) electrons. The Morgan fingerprint density at radius 1 is 1.50 bits per heavy atom. The molecule has 0 aliphatic rings. The summed E-state index contributed by atoms with van der Waals surface area (Å²) in [6.45, 7) is -0.434. The Hall–Kier alpha value is -0.980. The van der Waals surface area contributed by atoms with Crippen molar-refractivity contribution in [3.8, 4) is 0 Å². The molecular formula is C5H9F3N2O2. The Kier molecular flexibility index (Phi) is 5.18. The fraction of sp³-hybridized carbons (Fsp3) is 0.800. The summed E-state index contributed by atoms with van der Waals surface area (Å²) in [5, 5.41) is 1.79. The van der Waals surface area contributed by atoms with E-state index < -0.39 is 18.8 Å². The highest BCUT2D eigenvalue weighted by Gasteiger charge is 2.17. The topological polar surface area (TPSA) is 64.4 Å². The van der Waals surface area contributed by atoms with Crippen LogP contribution in [0.1, 0.15) is 0 Å². The van der Waals surface area contributed by atoms with E-state index in [4.69, 9.17) is 0 Å². The number of rotatable bonds is 5. The second-order valence-corrected chi connectivity index (χ2v) is 1.86. The predicted octanol–water partition coefficient (Wildman–Crippen LogP) is 0.232. The highest BCUT2D eigenvalue weighted by atomic mass is 19.3. The van der Waals surface area contributed by atoms with Crippen LogP contribution in [0, 0.1) is 0 Å². The summed E-state index contributed by atoms with van der Waals surface area (Å²) in [6, 6.07) is 0. The van der Waals surface area contributed by atoms with Crippen LogP contribution >= 0.6 is 0 Å². The minimum atomic E-state index is -3.08. The van der Waals surface area contributed by atoms with Gasteiger partial charge in [-0.3, -0.25) is 5.32 Å². The monoisotopic (exact) mass is 186 g/mol. The number of primary amides is 1. The molecule has 0 fully saturated rings. The molecule has 0 aromatic heterocycles. The average Bonchev–Trinajstić information content (AvgIpc) is 1.97. The molecule has 0 saturated carbocycles. The Morgan fingerprint density at radius 2 is 2.08 bits per heavy atom. The van der Waals surface area contributed by atoms with Gasteiger partial charge in [0.15, 0.2) is 0 Å².